The van der Waals surface area contributed by atoms with Crippen molar-refractivity contribution >= 4 is 5.91 Å². The molecule has 4 rings (SSSR count). The van der Waals surface area contributed by atoms with Gasteiger partial charge in [0.15, 0.2) is 0 Å². The maximum Gasteiger partial charge on any atom is 0.258 e. The number of carbonyl (C=O) groups is 1. The Balaban J connectivity index is 1.54. The number of likely N-dealkylation sites (tertiary alicyclic amines) is 1. The monoisotopic (exact) mass is 380 g/mol. The summed E-state index contributed by atoms with van der Waals surface area (Å²) in [4.78, 5) is 19.3. The molecule has 1 amide bonds. The van der Waals surface area contributed by atoms with Crippen LogP contribution in [0.3, 0.4) is 0 Å². The van der Waals surface area contributed by atoms with Crippen molar-refractivity contribution in [2.75, 3.05) is 13.7 Å². The van der Waals surface area contributed by atoms with E-state index in [0.717, 1.165) is 18.4 Å². The van der Waals surface area contributed by atoms with Gasteiger partial charge in [-0.2, -0.15) is 0 Å². The van der Waals surface area contributed by atoms with Gasteiger partial charge in [0.2, 0.25) is 5.89 Å². The van der Waals surface area contributed by atoms with Crippen molar-refractivity contribution in [1.82, 2.24) is 9.88 Å². The molecule has 0 unspecified atom stereocenters. The second kappa shape index (κ2) is 7.84. The van der Waals surface area contributed by atoms with E-state index in [1.807, 2.05) is 18.2 Å². The minimum atomic E-state index is -0.276. The van der Waals surface area contributed by atoms with Crippen molar-refractivity contribution in [3.63, 3.8) is 0 Å². The number of hydrogen-bond acceptors (Lipinski definition) is 4. The Hall–Kier alpha value is -3.15. The molecule has 5 nitrogen and oxygen atoms in total. The zero-order valence-corrected chi connectivity index (χ0v) is 15.6. The molecular weight excluding hydrogens is 359 g/mol. The van der Waals surface area contributed by atoms with Crippen LogP contribution < -0.4 is 4.74 Å². The van der Waals surface area contributed by atoms with Gasteiger partial charge in [-0.3, -0.25) is 4.79 Å². The number of hydrogen-bond donors (Lipinski definition) is 0. The molecule has 0 N–H and O–H groups in total. The topological polar surface area (TPSA) is 55.6 Å². The molecule has 1 saturated heterocycles. The van der Waals surface area contributed by atoms with Crippen molar-refractivity contribution in [3.05, 3.63) is 83.3 Å². The molecule has 1 atom stereocenters. The van der Waals surface area contributed by atoms with Crippen LogP contribution in [0.4, 0.5) is 4.39 Å². The van der Waals surface area contributed by atoms with Crippen molar-refractivity contribution in [3.8, 4) is 5.75 Å². The average Bonchev–Trinajstić information content (AvgIpc) is 3.36. The van der Waals surface area contributed by atoms with Gasteiger partial charge < -0.3 is 14.1 Å². The van der Waals surface area contributed by atoms with Crippen LogP contribution in [0, 0.1) is 5.82 Å². The molecule has 2 aromatic carbocycles. The molecule has 0 spiro atoms. The third-order valence-electron chi connectivity index (χ3n) is 4.97. The van der Waals surface area contributed by atoms with Crippen LogP contribution in [-0.4, -0.2) is 29.4 Å². The normalized spacial score (nSPS) is 16.4. The molecular formula is C22H21FN2O3. The highest BCUT2D eigenvalue weighted by molar-refractivity contribution is 5.97. The van der Waals surface area contributed by atoms with Crippen LogP contribution >= 0.6 is 0 Å². The summed E-state index contributed by atoms with van der Waals surface area (Å²) in [6, 6.07) is 13.4. The highest BCUT2D eigenvalue weighted by atomic mass is 19.1. The van der Waals surface area contributed by atoms with E-state index in [1.54, 1.807) is 36.4 Å². The van der Waals surface area contributed by atoms with Gasteiger partial charge in [0.1, 0.15) is 23.4 Å². The lowest BCUT2D eigenvalue weighted by Gasteiger charge is -2.23. The summed E-state index contributed by atoms with van der Waals surface area (Å²) in [6.07, 6.45) is 3.79. The second-order valence-corrected chi connectivity index (χ2v) is 6.83. The first-order valence-corrected chi connectivity index (χ1v) is 9.28. The molecule has 0 radical (unpaired) electrons. The largest absolute Gasteiger partial charge is 0.496 e. The first-order valence-electron chi connectivity index (χ1n) is 9.28. The van der Waals surface area contributed by atoms with Crippen LogP contribution in [-0.2, 0) is 6.42 Å². The van der Waals surface area contributed by atoms with E-state index in [-0.39, 0.29) is 17.8 Å². The fourth-order valence-corrected chi connectivity index (χ4v) is 3.65. The van der Waals surface area contributed by atoms with E-state index in [1.165, 1.54) is 12.1 Å². The summed E-state index contributed by atoms with van der Waals surface area (Å²) >= 11 is 0. The number of halogens is 1. The summed E-state index contributed by atoms with van der Waals surface area (Å²) < 4.78 is 24.6. The van der Waals surface area contributed by atoms with Gasteiger partial charge in [0.05, 0.1) is 18.9 Å². The number of nitrogens with zero attached hydrogens (tertiary/aromatic N) is 2. The molecule has 0 saturated carbocycles. The number of amides is 1. The van der Waals surface area contributed by atoms with Gasteiger partial charge in [-0.1, -0.05) is 24.3 Å². The lowest BCUT2D eigenvalue weighted by atomic mass is 10.1. The quantitative estimate of drug-likeness (QED) is 0.659. The summed E-state index contributed by atoms with van der Waals surface area (Å²) in [5.74, 6) is 1.35. The molecule has 1 aromatic heterocycles. The fourth-order valence-electron chi connectivity index (χ4n) is 3.65. The van der Waals surface area contributed by atoms with Crippen LogP contribution in [0.15, 0.2) is 59.1 Å². The SMILES string of the molecule is COc1ccccc1C(=O)N1CCC[C@H]1c1ncc(Cc2cccc(F)c2)o1. The standard InChI is InChI=1S/C22H21FN2O3/c1-27-20-10-3-2-8-18(20)22(26)25-11-5-9-19(25)21-24-14-17(28-21)13-15-6-4-7-16(23)12-15/h2-4,6-8,10,12,14,19H,5,9,11,13H2,1H3/t19-/m0/s1. The number of oxazole rings is 1. The lowest BCUT2D eigenvalue weighted by Crippen LogP contribution is -2.31. The van der Waals surface area contributed by atoms with E-state index < -0.39 is 0 Å². The second-order valence-electron chi connectivity index (χ2n) is 6.83. The van der Waals surface area contributed by atoms with Gasteiger partial charge >= 0.3 is 0 Å². The number of carbonyl (C=O) groups excluding carboxylic acids is 1. The van der Waals surface area contributed by atoms with Gasteiger partial charge in [0.25, 0.3) is 5.91 Å². The van der Waals surface area contributed by atoms with Crippen LogP contribution in [0.1, 0.15) is 46.5 Å². The third-order valence-corrected chi connectivity index (χ3v) is 4.97. The molecule has 2 heterocycles. The predicted molar refractivity (Wildman–Crippen MR) is 102 cm³/mol. The maximum atomic E-state index is 13.4. The van der Waals surface area contributed by atoms with Gasteiger partial charge in [-0.05, 0) is 42.7 Å². The first kappa shape index (κ1) is 18.2. The molecule has 0 bridgehead atoms. The van der Waals surface area contributed by atoms with Crippen LogP contribution in [0.5, 0.6) is 5.75 Å². The lowest BCUT2D eigenvalue weighted by molar-refractivity contribution is 0.0711. The molecule has 28 heavy (non-hydrogen) atoms. The first-order chi connectivity index (χ1) is 13.7. The predicted octanol–water partition coefficient (Wildman–Crippen LogP) is 4.39. The van der Waals surface area contributed by atoms with Crippen molar-refractivity contribution in [2.45, 2.75) is 25.3 Å². The number of aromatic nitrogens is 1. The molecule has 1 fully saturated rings. The maximum absolute atomic E-state index is 13.4. The zero-order chi connectivity index (χ0) is 19.5. The van der Waals surface area contributed by atoms with Crippen LogP contribution in [0.2, 0.25) is 0 Å². The van der Waals surface area contributed by atoms with E-state index in [0.29, 0.717) is 35.9 Å². The molecule has 1 aliphatic heterocycles. The van der Waals surface area contributed by atoms with E-state index >= 15 is 0 Å². The van der Waals surface area contributed by atoms with E-state index in [4.69, 9.17) is 9.15 Å². The smallest absolute Gasteiger partial charge is 0.258 e. The Morgan fingerprint density at radius 1 is 1.29 bits per heavy atom. The number of methoxy groups -OCH3 is 1. The molecule has 3 aromatic rings. The van der Waals surface area contributed by atoms with Gasteiger partial charge in [0, 0.05) is 13.0 Å². The number of benzene rings is 2. The average molecular weight is 380 g/mol. The number of ether oxygens (including phenoxy) is 1. The van der Waals surface area contributed by atoms with E-state index in [2.05, 4.69) is 4.98 Å². The Labute approximate surface area is 162 Å². The minimum absolute atomic E-state index is 0.0927. The van der Waals surface area contributed by atoms with E-state index in [9.17, 15) is 9.18 Å². The minimum Gasteiger partial charge on any atom is -0.496 e. The Bertz CT molecular complexity index is 985. The van der Waals surface area contributed by atoms with Crippen LogP contribution in [0.25, 0.3) is 0 Å². The zero-order valence-electron chi connectivity index (χ0n) is 15.6. The van der Waals surface area contributed by atoms with Gasteiger partial charge in [-0.25, -0.2) is 9.37 Å². The van der Waals surface area contributed by atoms with Crippen molar-refractivity contribution in [2.24, 2.45) is 0 Å². The Morgan fingerprint density at radius 3 is 2.96 bits per heavy atom. The molecule has 0 aliphatic carbocycles. The Morgan fingerprint density at radius 2 is 2.14 bits per heavy atom. The Kier molecular flexibility index (Phi) is 5.10. The third kappa shape index (κ3) is 3.63. The highest BCUT2D eigenvalue weighted by Crippen LogP contribution is 2.34. The summed E-state index contributed by atoms with van der Waals surface area (Å²) in [5.41, 5.74) is 1.35. The van der Waals surface area contributed by atoms with Crippen molar-refractivity contribution in [1.29, 1.82) is 0 Å². The van der Waals surface area contributed by atoms with Crippen molar-refractivity contribution < 1.29 is 18.3 Å². The highest BCUT2D eigenvalue weighted by Gasteiger charge is 2.34. The molecule has 1 aliphatic rings. The number of para-hydroxylation sites is 1. The van der Waals surface area contributed by atoms with Gasteiger partial charge in [-0.15, -0.1) is 0 Å². The summed E-state index contributed by atoms with van der Waals surface area (Å²) in [5, 5.41) is 0. The molecule has 144 valence electrons. The summed E-state index contributed by atoms with van der Waals surface area (Å²) in [6.45, 7) is 0.642. The molecule has 6 heteroatoms. The number of rotatable bonds is 5. The fraction of sp³-hybridized carbons (Fsp3) is 0.273. The summed E-state index contributed by atoms with van der Waals surface area (Å²) in [7, 11) is 1.56.